The second-order valence-electron chi connectivity index (χ2n) is 3.63. The number of hydrogen-bond donors (Lipinski definition) is 1. The van der Waals surface area contributed by atoms with Gasteiger partial charge in [0.2, 0.25) is 0 Å². The van der Waals surface area contributed by atoms with Gasteiger partial charge in [0.15, 0.2) is 0 Å². The Balaban J connectivity index is 2.13. The molecule has 1 aromatic carbocycles. The highest BCUT2D eigenvalue weighted by molar-refractivity contribution is 5.33. The maximum Gasteiger partial charge on any atom is 0.269 e. The molecule has 15 heavy (non-hydrogen) atoms. The van der Waals surface area contributed by atoms with Crippen molar-refractivity contribution in [3.05, 3.63) is 39.9 Å². The highest BCUT2D eigenvalue weighted by Crippen LogP contribution is 2.22. The summed E-state index contributed by atoms with van der Waals surface area (Å²) in [6.07, 6.45) is -0.138. The van der Waals surface area contributed by atoms with Crippen LogP contribution in [0.4, 0.5) is 5.69 Å². The van der Waals surface area contributed by atoms with Crippen molar-refractivity contribution < 1.29 is 9.66 Å². The highest BCUT2D eigenvalue weighted by atomic mass is 16.6. The number of hydrogen-bond acceptors (Lipinski definition) is 4. The molecule has 1 heterocycles. The van der Waals surface area contributed by atoms with Crippen LogP contribution >= 0.6 is 0 Å². The van der Waals surface area contributed by atoms with Gasteiger partial charge in [-0.15, -0.1) is 0 Å². The first-order valence-corrected chi connectivity index (χ1v) is 4.79. The lowest BCUT2D eigenvalue weighted by Crippen LogP contribution is -2.22. The molecule has 0 aromatic heterocycles. The number of non-ortho nitro benzene ring substituents is 1. The molecule has 1 N–H and O–H groups in total. The van der Waals surface area contributed by atoms with E-state index in [2.05, 4.69) is 5.32 Å². The van der Waals surface area contributed by atoms with Gasteiger partial charge in [0.05, 0.1) is 11.5 Å². The molecule has 0 bridgehead atoms. The van der Waals surface area contributed by atoms with Gasteiger partial charge in [-0.05, 0) is 24.6 Å². The molecule has 1 fully saturated rings. The lowest BCUT2D eigenvalue weighted by Gasteiger charge is -2.10. The average Bonchev–Trinajstić information content (AvgIpc) is 2.65. The number of nitro groups is 1. The fourth-order valence-electron chi connectivity index (χ4n) is 1.56. The quantitative estimate of drug-likeness (QED) is 0.592. The molecule has 0 radical (unpaired) electrons. The van der Waals surface area contributed by atoms with Crippen molar-refractivity contribution in [1.82, 2.24) is 5.32 Å². The third-order valence-electron chi connectivity index (χ3n) is 2.36. The van der Waals surface area contributed by atoms with Gasteiger partial charge >= 0.3 is 0 Å². The van der Waals surface area contributed by atoms with Crippen molar-refractivity contribution in [2.24, 2.45) is 0 Å². The average molecular weight is 208 g/mol. The summed E-state index contributed by atoms with van der Waals surface area (Å²) in [7, 11) is 0. The fraction of sp³-hybridized carbons (Fsp3) is 0.400. The molecular formula is C10H12N2O3. The van der Waals surface area contributed by atoms with E-state index in [-0.39, 0.29) is 11.9 Å². The van der Waals surface area contributed by atoms with Gasteiger partial charge < -0.3 is 4.74 Å². The molecule has 0 saturated carbocycles. The number of rotatable bonds is 2. The van der Waals surface area contributed by atoms with Crippen LogP contribution in [0.1, 0.15) is 18.7 Å². The van der Waals surface area contributed by atoms with E-state index >= 15 is 0 Å². The summed E-state index contributed by atoms with van der Waals surface area (Å²) in [6, 6.07) is 6.74. The summed E-state index contributed by atoms with van der Waals surface area (Å²) in [5.41, 5.74) is 1.02. The van der Waals surface area contributed by atoms with Crippen molar-refractivity contribution in [2.45, 2.75) is 19.2 Å². The van der Waals surface area contributed by atoms with Crippen LogP contribution in [0.2, 0.25) is 0 Å². The first-order valence-electron chi connectivity index (χ1n) is 4.79. The summed E-state index contributed by atoms with van der Waals surface area (Å²) >= 11 is 0. The minimum absolute atomic E-state index is 0.102. The van der Waals surface area contributed by atoms with E-state index in [1.807, 2.05) is 6.92 Å². The molecule has 2 rings (SSSR count). The Bertz CT molecular complexity index is 363. The lowest BCUT2D eigenvalue weighted by molar-refractivity contribution is -0.384. The number of ether oxygens (including phenoxy) is 1. The number of nitro benzene ring substituents is 1. The zero-order valence-corrected chi connectivity index (χ0v) is 8.34. The van der Waals surface area contributed by atoms with Crippen molar-refractivity contribution in [3.63, 3.8) is 0 Å². The third-order valence-corrected chi connectivity index (χ3v) is 2.36. The van der Waals surface area contributed by atoms with Crippen LogP contribution < -0.4 is 5.32 Å². The van der Waals surface area contributed by atoms with E-state index in [9.17, 15) is 10.1 Å². The number of benzene rings is 1. The lowest BCUT2D eigenvalue weighted by atomic mass is 10.2. The summed E-state index contributed by atoms with van der Waals surface area (Å²) < 4.78 is 5.47. The van der Waals surface area contributed by atoms with Crippen LogP contribution in [0.15, 0.2) is 24.3 Å². The second kappa shape index (κ2) is 3.96. The van der Waals surface area contributed by atoms with E-state index in [4.69, 9.17) is 4.74 Å². The molecule has 2 atom stereocenters. The van der Waals surface area contributed by atoms with Crippen molar-refractivity contribution in [3.8, 4) is 0 Å². The minimum Gasteiger partial charge on any atom is -0.357 e. The normalized spacial score (nSPS) is 25.4. The van der Waals surface area contributed by atoms with Crippen molar-refractivity contribution >= 4 is 5.69 Å². The molecule has 1 aliphatic rings. The van der Waals surface area contributed by atoms with Crippen LogP contribution in [0.5, 0.6) is 0 Å². The van der Waals surface area contributed by atoms with E-state index < -0.39 is 4.92 Å². The molecule has 1 unspecified atom stereocenters. The van der Waals surface area contributed by atoms with E-state index in [1.54, 1.807) is 12.1 Å². The van der Waals surface area contributed by atoms with Gasteiger partial charge in [-0.1, -0.05) is 0 Å². The van der Waals surface area contributed by atoms with Gasteiger partial charge in [0.25, 0.3) is 5.69 Å². The Morgan fingerprint density at radius 3 is 2.60 bits per heavy atom. The van der Waals surface area contributed by atoms with E-state index in [0.717, 1.165) is 5.56 Å². The maximum absolute atomic E-state index is 10.4. The Morgan fingerprint density at radius 2 is 2.13 bits per heavy atom. The standard InChI is InChI=1S/C10H12N2O3/c1-7-6-15-10(11-7)8-2-4-9(5-3-8)12(13)14/h2-5,7,10-11H,6H2,1H3/t7-,10?/m0/s1. The van der Waals surface area contributed by atoms with Gasteiger partial charge in [-0.25, -0.2) is 0 Å². The Labute approximate surface area is 87.2 Å². The number of nitrogens with one attached hydrogen (secondary N) is 1. The molecule has 5 heteroatoms. The van der Waals surface area contributed by atoms with Gasteiger partial charge in [0, 0.05) is 18.2 Å². The van der Waals surface area contributed by atoms with Crippen molar-refractivity contribution in [1.29, 1.82) is 0 Å². The van der Waals surface area contributed by atoms with E-state index in [0.29, 0.717) is 12.6 Å². The monoisotopic (exact) mass is 208 g/mol. The summed E-state index contributed by atoms with van der Waals surface area (Å²) in [4.78, 5) is 10.0. The molecule has 0 spiro atoms. The predicted octanol–water partition coefficient (Wildman–Crippen LogP) is 1.60. The molecule has 1 aromatic rings. The summed E-state index contributed by atoms with van der Waals surface area (Å²) in [5, 5.41) is 13.7. The van der Waals surface area contributed by atoms with Crippen LogP contribution in [-0.2, 0) is 4.74 Å². The molecule has 80 valence electrons. The third kappa shape index (κ3) is 2.14. The van der Waals surface area contributed by atoms with Crippen molar-refractivity contribution in [2.75, 3.05) is 6.61 Å². The zero-order valence-electron chi connectivity index (χ0n) is 8.34. The fourth-order valence-corrected chi connectivity index (χ4v) is 1.56. The molecular weight excluding hydrogens is 196 g/mol. The Morgan fingerprint density at radius 1 is 1.47 bits per heavy atom. The molecule has 1 saturated heterocycles. The maximum atomic E-state index is 10.4. The largest absolute Gasteiger partial charge is 0.357 e. The van der Waals surface area contributed by atoms with Crippen LogP contribution in [-0.4, -0.2) is 17.6 Å². The van der Waals surface area contributed by atoms with Crippen LogP contribution in [0, 0.1) is 10.1 Å². The van der Waals surface area contributed by atoms with Gasteiger partial charge in [-0.2, -0.15) is 0 Å². The topological polar surface area (TPSA) is 64.4 Å². The summed E-state index contributed by atoms with van der Waals surface area (Å²) in [6.45, 7) is 2.70. The van der Waals surface area contributed by atoms with Gasteiger partial charge in [-0.3, -0.25) is 15.4 Å². The Kier molecular flexibility index (Phi) is 2.66. The molecule has 0 aliphatic carbocycles. The molecule has 0 amide bonds. The summed E-state index contributed by atoms with van der Waals surface area (Å²) in [5.74, 6) is 0. The number of nitrogens with zero attached hydrogens (tertiary/aromatic N) is 1. The smallest absolute Gasteiger partial charge is 0.269 e. The molecule has 1 aliphatic heterocycles. The van der Waals surface area contributed by atoms with Crippen LogP contribution in [0.3, 0.4) is 0 Å². The molecule has 5 nitrogen and oxygen atoms in total. The highest BCUT2D eigenvalue weighted by Gasteiger charge is 2.22. The Hall–Kier alpha value is -1.46. The first kappa shape index (κ1) is 10.1. The predicted molar refractivity (Wildman–Crippen MR) is 54.4 cm³/mol. The first-order chi connectivity index (χ1) is 7.16. The van der Waals surface area contributed by atoms with Crippen LogP contribution in [0.25, 0.3) is 0 Å². The minimum atomic E-state index is -0.407. The SMILES string of the molecule is C[C@H]1COC(c2ccc([N+](=O)[O-])cc2)N1. The van der Waals surface area contributed by atoms with E-state index in [1.165, 1.54) is 12.1 Å². The van der Waals surface area contributed by atoms with Gasteiger partial charge in [0.1, 0.15) is 6.23 Å². The second-order valence-corrected chi connectivity index (χ2v) is 3.63. The zero-order chi connectivity index (χ0) is 10.8.